The van der Waals surface area contributed by atoms with Crippen LogP contribution in [0.3, 0.4) is 0 Å². The lowest BCUT2D eigenvalue weighted by Crippen LogP contribution is -2.09. The Balaban J connectivity index is 1.97. The van der Waals surface area contributed by atoms with Gasteiger partial charge in [-0.2, -0.15) is 5.10 Å². The number of hydrogen-bond donors (Lipinski definition) is 1. The van der Waals surface area contributed by atoms with Crippen LogP contribution >= 0.6 is 0 Å². The normalized spacial score (nSPS) is 10.6. The molecule has 0 aliphatic heterocycles. The van der Waals surface area contributed by atoms with Gasteiger partial charge >= 0.3 is 0 Å². The summed E-state index contributed by atoms with van der Waals surface area (Å²) >= 11 is 0. The van der Waals surface area contributed by atoms with Crippen molar-refractivity contribution >= 4 is 0 Å². The van der Waals surface area contributed by atoms with Crippen LogP contribution in [0.5, 0.6) is 11.5 Å². The molecule has 108 valence electrons. The van der Waals surface area contributed by atoms with E-state index in [2.05, 4.69) is 10.4 Å². The fraction of sp³-hybridized carbons (Fsp3) is 0.400. The molecule has 0 aliphatic carbocycles. The van der Waals surface area contributed by atoms with E-state index in [1.54, 1.807) is 11.8 Å². The van der Waals surface area contributed by atoms with E-state index in [9.17, 15) is 0 Å². The zero-order chi connectivity index (χ0) is 14.4. The predicted molar refractivity (Wildman–Crippen MR) is 78.2 cm³/mol. The molecule has 20 heavy (non-hydrogen) atoms. The van der Waals surface area contributed by atoms with Crippen molar-refractivity contribution in [1.82, 2.24) is 15.1 Å². The fourth-order valence-corrected chi connectivity index (χ4v) is 2.03. The van der Waals surface area contributed by atoms with E-state index in [1.807, 2.05) is 44.7 Å². The molecule has 0 amide bonds. The van der Waals surface area contributed by atoms with Gasteiger partial charge in [0.25, 0.3) is 0 Å². The van der Waals surface area contributed by atoms with E-state index in [0.717, 1.165) is 30.0 Å². The first-order valence-corrected chi connectivity index (χ1v) is 6.64. The van der Waals surface area contributed by atoms with Gasteiger partial charge in [-0.25, -0.2) is 0 Å². The van der Waals surface area contributed by atoms with Gasteiger partial charge in [-0.3, -0.25) is 4.68 Å². The molecule has 5 nitrogen and oxygen atoms in total. The molecular weight excluding hydrogens is 254 g/mol. The average molecular weight is 275 g/mol. The van der Waals surface area contributed by atoms with Crippen molar-refractivity contribution in [2.75, 3.05) is 20.8 Å². The van der Waals surface area contributed by atoms with Gasteiger partial charge in [-0.15, -0.1) is 0 Å². The number of aryl methyl sites for hydroxylation is 1. The Hall–Kier alpha value is -2.01. The number of nitrogens with zero attached hydrogens (tertiary/aromatic N) is 2. The van der Waals surface area contributed by atoms with Gasteiger partial charge in [0.1, 0.15) is 11.5 Å². The van der Waals surface area contributed by atoms with Crippen LogP contribution < -0.4 is 14.8 Å². The Morgan fingerprint density at radius 2 is 2.20 bits per heavy atom. The molecule has 0 spiro atoms. The summed E-state index contributed by atoms with van der Waals surface area (Å²) in [6, 6.07) is 5.86. The van der Waals surface area contributed by atoms with Crippen LogP contribution in [0.4, 0.5) is 0 Å². The maximum absolute atomic E-state index is 5.87. The molecule has 0 bridgehead atoms. The van der Waals surface area contributed by atoms with Crippen molar-refractivity contribution in [1.29, 1.82) is 0 Å². The molecule has 1 aromatic carbocycles. The number of ether oxygens (including phenoxy) is 2. The fourth-order valence-electron chi connectivity index (χ4n) is 2.03. The first-order valence-electron chi connectivity index (χ1n) is 6.64. The third kappa shape index (κ3) is 3.74. The average Bonchev–Trinajstić information content (AvgIpc) is 2.86. The van der Waals surface area contributed by atoms with Crippen molar-refractivity contribution in [3.8, 4) is 11.5 Å². The highest BCUT2D eigenvalue weighted by Crippen LogP contribution is 2.24. The molecule has 1 aromatic heterocycles. The molecule has 0 atom stereocenters. The number of hydrogen-bond acceptors (Lipinski definition) is 4. The smallest absolute Gasteiger partial charge is 0.124 e. The molecular formula is C15H21N3O2. The van der Waals surface area contributed by atoms with Gasteiger partial charge in [-0.1, -0.05) is 0 Å². The second-order valence-electron chi connectivity index (χ2n) is 4.62. The molecule has 0 saturated heterocycles. The Bertz CT molecular complexity index is 552. The summed E-state index contributed by atoms with van der Waals surface area (Å²) in [5.41, 5.74) is 2.27. The van der Waals surface area contributed by atoms with E-state index in [1.165, 1.54) is 5.56 Å². The highest BCUT2D eigenvalue weighted by atomic mass is 16.5. The molecule has 0 fully saturated rings. The Morgan fingerprint density at radius 3 is 2.85 bits per heavy atom. The zero-order valence-corrected chi connectivity index (χ0v) is 12.2. The van der Waals surface area contributed by atoms with Crippen LogP contribution in [0.1, 0.15) is 11.1 Å². The molecule has 0 radical (unpaired) electrons. The minimum absolute atomic E-state index is 0.634. The highest BCUT2D eigenvalue weighted by Gasteiger charge is 2.06. The van der Waals surface area contributed by atoms with E-state index < -0.39 is 0 Å². The first kappa shape index (κ1) is 14.4. The van der Waals surface area contributed by atoms with Crippen molar-refractivity contribution in [3.05, 3.63) is 41.7 Å². The molecule has 5 heteroatoms. The number of aromatic nitrogens is 2. The second kappa shape index (κ2) is 6.96. The van der Waals surface area contributed by atoms with E-state index in [0.29, 0.717) is 6.61 Å². The minimum atomic E-state index is 0.634. The summed E-state index contributed by atoms with van der Waals surface area (Å²) in [4.78, 5) is 0. The Kier molecular flexibility index (Phi) is 5.01. The van der Waals surface area contributed by atoms with Gasteiger partial charge < -0.3 is 14.8 Å². The first-order chi connectivity index (χ1) is 9.72. The highest BCUT2D eigenvalue weighted by molar-refractivity contribution is 5.40. The van der Waals surface area contributed by atoms with Crippen LogP contribution in [-0.2, 0) is 20.0 Å². The van der Waals surface area contributed by atoms with Crippen molar-refractivity contribution in [3.63, 3.8) is 0 Å². The molecule has 2 aromatic rings. The number of benzene rings is 1. The van der Waals surface area contributed by atoms with Crippen molar-refractivity contribution < 1.29 is 9.47 Å². The lowest BCUT2D eigenvalue weighted by Gasteiger charge is -2.12. The molecule has 0 aliphatic rings. The standard InChI is InChI=1S/C15H21N3O2/c1-16-10-13-8-14(19-3)4-5-15(13)20-7-6-12-9-17-18(2)11-12/h4-5,8-9,11,16H,6-7,10H2,1-3H3. The Morgan fingerprint density at radius 1 is 1.35 bits per heavy atom. The molecule has 1 N–H and O–H groups in total. The van der Waals surface area contributed by atoms with Gasteiger partial charge in [-0.05, 0) is 30.8 Å². The lowest BCUT2D eigenvalue weighted by atomic mass is 10.2. The quantitative estimate of drug-likeness (QED) is 0.836. The number of nitrogens with one attached hydrogen (secondary N) is 1. The molecule has 1 heterocycles. The van der Waals surface area contributed by atoms with Crippen molar-refractivity contribution in [2.24, 2.45) is 7.05 Å². The lowest BCUT2D eigenvalue weighted by molar-refractivity contribution is 0.317. The topological polar surface area (TPSA) is 48.3 Å². The third-order valence-corrected chi connectivity index (χ3v) is 3.04. The third-order valence-electron chi connectivity index (χ3n) is 3.04. The minimum Gasteiger partial charge on any atom is -0.497 e. The van der Waals surface area contributed by atoms with Gasteiger partial charge in [0.05, 0.1) is 19.9 Å². The van der Waals surface area contributed by atoms with Crippen LogP contribution in [0.25, 0.3) is 0 Å². The summed E-state index contributed by atoms with van der Waals surface area (Å²) < 4.78 is 12.9. The second-order valence-corrected chi connectivity index (χ2v) is 4.62. The van der Waals surface area contributed by atoms with Gasteiger partial charge in [0.2, 0.25) is 0 Å². The predicted octanol–water partition coefficient (Wildman–Crippen LogP) is 1.77. The van der Waals surface area contributed by atoms with Crippen molar-refractivity contribution in [2.45, 2.75) is 13.0 Å². The number of rotatable bonds is 7. The number of methoxy groups -OCH3 is 1. The van der Waals surface area contributed by atoms with Gasteiger partial charge in [0, 0.05) is 31.8 Å². The van der Waals surface area contributed by atoms with E-state index >= 15 is 0 Å². The summed E-state index contributed by atoms with van der Waals surface area (Å²) in [5, 5.41) is 7.28. The summed E-state index contributed by atoms with van der Waals surface area (Å²) in [6.45, 7) is 1.38. The molecule has 2 rings (SSSR count). The molecule has 0 unspecified atom stereocenters. The summed E-state index contributed by atoms with van der Waals surface area (Å²) in [6.07, 6.45) is 4.72. The maximum Gasteiger partial charge on any atom is 0.124 e. The monoisotopic (exact) mass is 275 g/mol. The van der Waals surface area contributed by atoms with Crippen LogP contribution in [0, 0.1) is 0 Å². The summed E-state index contributed by atoms with van der Waals surface area (Å²) in [7, 11) is 5.50. The maximum atomic E-state index is 5.87. The van der Waals surface area contributed by atoms with Gasteiger partial charge in [0.15, 0.2) is 0 Å². The van der Waals surface area contributed by atoms with E-state index in [4.69, 9.17) is 9.47 Å². The zero-order valence-electron chi connectivity index (χ0n) is 12.2. The Labute approximate surface area is 119 Å². The SMILES string of the molecule is CNCc1cc(OC)ccc1OCCc1cnn(C)c1. The van der Waals surface area contributed by atoms with Crippen LogP contribution in [0.15, 0.2) is 30.6 Å². The molecule has 0 saturated carbocycles. The largest absolute Gasteiger partial charge is 0.497 e. The van der Waals surface area contributed by atoms with Crippen LogP contribution in [-0.4, -0.2) is 30.5 Å². The van der Waals surface area contributed by atoms with Crippen LogP contribution in [0.2, 0.25) is 0 Å². The summed E-state index contributed by atoms with van der Waals surface area (Å²) in [5.74, 6) is 1.74. The van der Waals surface area contributed by atoms with E-state index in [-0.39, 0.29) is 0 Å².